The zero-order chi connectivity index (χ0) is 16.6. The largest absolute Gasteiger partial charge is 0.378 e. The van der Waals surface area contributed by atoms with Gasteiger partial charge in [0.2, 0.25) is 11.8 Å². The molecule has 0 heterocycles. The van der Waals surface area contributed by atoms with Gasteiger partial charge in [0, 0.05) is 39.3 Å². The van der Waals surface area contributed by atoms with Gasteiger partial charge in [0.25, 0.3) is 0 Å². The van der Waals surface area contributed by atoms with Crippen molar-refractivity contribution in [1.29, 1.82) is 0 Å². The molecule has 22 heavy (non-hydrogen) atoms. The summed E-state index contributed by atoms with van der Waals surface area (Å²) in [6.07, 6.45) is -0.209. The first-order chi connectivity index (χ1) is 10.7. The molecule has 0 aromatic carbocycles. The van der Waals surface area contributed by atoms with Crippen molar-refractivity contribution in [3.63, 3.8) is 0 Å². The highest BCUT2D eigenvalue weighted by molar-refractivity contribution is 5.96. The van der Waals surface area contributed by atoms with Gasteiger partial charge in [-0.1, -0.05) is 0 Å². The summed E-state index contributed by atoms with van der Waals surface area (Å²) in [5.41, 5.74) is 16.1. The fourth-order valence-electron chi connectivity index (χ4n) is 1.65. The van der Waals surface area contributed by atoms with Crippen LogP contribution in [0.5, 0.6) is 0 Å². The molecule has 0 aromatic heterocycles. The van der Waals surface area contributed by atoms with Crippen LogP contribution in [0.3, 0.4) is 0 Å². The van der Waals surface area contributed by atoms with E-state index in [1.54, 1.807) is 0 Å². The molecule has 0 spiro atoms. The molecule has 0 aliphatic carbocycles. The second-order valence-corrected chi connectivity index (χ2v) is 4.50. The van der Waals surface area contributed by atoms with Gasteiger partial charge in [-0.05, 0) is 0 Å². The average molecular weight is 319 g/mol. The third-order valence-electron chi connectivity index (χ3n) is 2.67. The van der Waals surface area contributed by atoms with Crippen LogP contribution in [-0.2, 0) is 19.1 Å². The summed E-state index contributed by atoms with van der Waals surface area (Å²) in [6, 6.07) is 0. The lowest BCUT2D eigenvalue weighted by Crippen LogP contribution is -2.41. The van der Waals surface area contributed by atoms with Gasteiger partial charge in [-0.3, -0.25) is 9.59 Å². The molecule has 0 atom stereocenters. The monoisotopic (exact) mass is 319 g/mol. The second-order valence-electron chi connectivity index (χ2n) is 4.50. The van der Waals surface area contributed by atoms with E-state index in [-0.39, 0.29) is 18.2 Å². The quantitative estimate of drug-likeness (QED) is 0.200. The van der Waals surface area contributed by atoms with E-state index < -0.39 is 0 Å². The smallest absolute Gasteiger partial charge is 0.232 e. The maximum atomic E-state index is 11.9. The summed E-state index contributed by atoms with van der Waals surface area (Å²) in [5.74, 6) is -0.614. The van der Waals surface area contributed by atoms with Crippen LogP contribution in [0.15, 0.2) is 0 Å². The molecular weight excluding hydrogens is 290 g/mol. The molecule has 2 amide bonds. The number of amides is 2. The predicted octanol–water partition coefficient (Wildman–Crippen LogP) is -2.77. The van der Waals surface area contributed by atoms with Gasteiger partial charge in [-0.2, -0.15) is 0 Å². The first-order valence-corrected chi connectivity index (χ1v) is 7.45. The lowest BCUT2D eigenvalue weighted by Gasteiger charge is -2.20. The van der Waals surface area contributed by atoms with Crippen LogP contribution in [0.2, 0.25) is 0 Å². The summed E-state index contributed by atoms with van der Waals surface area (Å²) in [6.45, 7) is 4.08. The Bertz CT molecular complexity index is 298. The van der Waals surface area contributed by atoms with E-state index in [2.05, 4.69) is 5.32 Å². The van der Waals surface area contributed by atoms with E-state index in [4.69, 9.17) is 26.7 Å². The number of nitrogens with two attached hydrogens (primary N) is 3. The van der Waals surface area contributed by atoms with Gasteiger partial charge in [0.05, 0.1) is 26.4 Å². The Hall–Kier alpha value is -1.26. The van der Waals surface area contributed by atoms with Gasteiger partial charge >= 0.3 is 0 Å². The Morgan fingerprint density at radius 3 is 2.00 bits per heavy atom. The van der Waals surface area contributed by atoms with Gasteiger partial charge in [0.15, 0.2) is 0 Å². The summed E-state index contributed by atoms with van der Waals surface area (Å²) >= 11 is 0. The zero-order valence-corrected chi connectivity index (χ0v) is 13.1. The molecule has 0 fully saturated rings. The van der Waals surface area contributed by atoms with Crippen LogP contribution >= 0.6 is 0 Å². The molecule has 0 bridgehead atoms. The summed E-state index contributed by atoms with van der Waals surface area (Å²) in [5, 5.41) is 2.62. The number of ether oxygens (including phenoxy) is 2. The number of hydrogen-bond acceptors (Lipinski definition) is 7. The van der Waals surface area contributed by atoms with E-state index in [0.717, 1.165) is 0 Å². The molecule has 0 aromatic rings. The summed E-state index contributed by atoms with van der Waals surface area (Å²) in [7, 11) is 0. The van der Waals surface area contributed by atoms with Gasteiger partial charge < -0.3 is 36.9 Å². The van der Waals surface area contributed by atoms with Crippen molar-refractivity contribution in [3.8, 4) is 0 Å². The molecule has 0 unspecified atom stereocenters. The normalized spacial score (nSPS) is 10.5. The predicted molar refractivity (Wildman–Crippen MR) is 83.0 cm³/mol. The van der Waals surface area contributed by atoms with E-state index in [0.29, 0.717) is 65.7 Å². The molecule has 0 saturated heterocycles. The standard InChI is InChI=1S/C13H29N5O4/c14-1-5-18(6-2-15)13(20)11-12(19)17-4-8-22-10-9-21-7-3-16/h1-11,14-16H2,(H,17,19). The number of nitrogens with one attached hydrogen (secondary N) is 1. The lowest BCUT2D eigenvalue weighted by molar-refractivity contribution is -0.136. The van der Waals surface area contributed by atoms with Crippen molar-refractivity contribution in [1.82, 2.24) is 10.2 Å². The third kappa shape index (κ3) is 11.4. The molecular formula is C13H29N5O4. The fourth-order valence-corrected chi connectivity index (χ4v) is 1.65. The summed E-state index contributed by atoms with van der Waals surface area (Å²) < 4.78 is 10.4. The SMILES string of the molecule is NCCOCCOCCNC(=O)CC(=O)N(CCN)CCN. The highest BCUT2D eigenvalue weighted by Crippen LogP contribution is 1.93. The number of carbonyl (C=O) groups excluding carboxylic acids is 2. The van der Waals surface area contributed by atoms with Crippen molar-refractivity contribution in [2.75, 3.05) is 65.7 Å². The third-order valence-corrected chi connectivity index (χ3v) is 2.67. The molecule has 0 radical (unpaired) electrons. The molecule has 0 aliphatic rings. The number of hydrogen-bond donors (Lipinski definition) is 4. The highest BCUT2D eigenvalue weighted by atomic mass is 16.5. The van der Waals surface area contributed by atoms with Crippen molar-refractivity contribution >= 4 is 11.8 Å². The first-order valence-electron chi connectivity index (χ1n) is 7.45. The second kappa shape index (κ2) is 14.7. The van der Waals surface area contributed by atoms with Gasteiger partial charge in [0.1, 0.15) is 6.42 Å². The Kier molecular flexibility index (Phi) is 13.8. The molecule has 7 N–H and O–H groups in total. The minimum atomic E-state index is -0.341. The number of rotatable bonds is 14. The van der Waals surface area contributed by atoms with Crippen LogP contribution in [-0.4, -0.2) is 82.4 Å². The maximum absolute atomic E-state index is 11.9. The molecule has 130 valence electrons. The molecule has 0 saturated carbocycles. The van der Waals surface area contributed by atoms with Crippen molar-refractivity contribution in [2.45, 2.75) is 6.42 Å². The highest BCUT2D eigenvalue weighted by Gasteiger charge is 2.15. The average Bonchev–Trinajstić information content (AvgIpc) is 2.49. The van der Waals surface area contributed by atoms with E-state index in [1.165, 1.54) is 4.90 Å². The maximum Gasteiger partial charge on any atom is 0.232 e. The molecule has 9 heteroatoms. The van der Waals surface area contributed by atoms with Crippen molar-refractivity contribution in [3.05, 3.63) is 0 Å². The van der Waals surface area contributed by atoms with Gasteiger partial charge in [-0.15, -0.1) is 0 Å². The Morgan fingerprint density at radius 2 is 1.45 bits per heavy atom. The van der Waals surface area contributed by atoms with Crippen LogP contribution in [0.4, 0.5) is 0 Å². The molecule has 0 rings (SSSR count). The minimum Gasteiger partial charge on any atom is -0.378 e. The van der Waals surface area contributed by atoms with Crippen molar-refractivity contribution in [2.24, 2.45) is 17.2 Å². The number of nitrogens with zero attached hydrogens (tertiary/aromatic N) is 1. The minimum absolute atomic E-state index is 0.209. The number of carbonyl (C=O) groups is 2. The zero-order valence-electron chi connectivity index (χ0n) is 13.1. The van der Waals surface area contributed by atoms with Crippen LogP contribution < -0.4 is 22.5 Å². The van der Waals surface area contributed by atoms with E-state index >= 15 is 0 Å². The van der Waals surface area contributed by atoms with E-state index in [9.17, 15) is 9.59 Å². The molecule has 9 nitrogen and oxygen atoms in total. The van der Waals surface area contributed by atoms with Crippen LogP contribution in [0, 0.1) is 0 Å². The van der Waals surface area contributed by atoms with Crippen molar-refractivity contribution < 1.29 is 19.1 Å². The Labute approximate surface area is 131 Å². The lowest BCUT2D eigenvalue weighted by atomic mass is 10.3. The summed E-state index contributed by atoms with van der Waals surface area (Å²) in [4.78, 5) is 25.0. The fraction of sp³-hybridized carbons (Fsp3) is 0.846. The van der Waals surface area contributed by atoms with Gasteiger partial charge in [-0.25, -0.2) is 0 Å². The first kappa shape index (κ1) is 20.7. The Morgan fingerprint density at radius 1 is 0.864 bits per heavy atom. The Balaban J connectivity index is 3.68. The van der Waals surface area contributed by atoms with Crippen LogP contribution in [0.1, 0.15) is 6.42 Å². The topological polar surface area (TPSA) is 146 Å². The van der Waals surface area contributed by atoms with Crippen LogP contribution in [0.25, 0.3) is 0 Å². The molecule has 0 aliphatic heterocycles. The van der Waals surface area contributed by atoms with E-state index in [1.807, 2.05) is 0 Å².